The van der Waals surface area contributed by atoms with Gasteiger partial charge < -0.3 is 29.9 Å². The first-order valence-corrected chi connectivity index (χ1v) is 6.95. The number of ketones is 1. The highest BCUT2D eigenvalue weighted by molar-refractivity contribution is 6.16. The van der Waals surface area contributed by atoms with Gasteiger partial charge in [0.05, 0.1) is 7.11 Å². The maximum Gasteiger partial charge on any atom is 0.201 e. The molecule has 2 aromatic rings. The van der Waals surface area contributed by atoms with Gasteiger partial charge in [0.15, 0.2) is 28.8 Å². The molecule has 0 bridgehead atoms. The van der Waals surface area contributed by atoms with Gasteiger partial charge in [-0.25, -0.2) is 0 Å². The third-order valence-electron chi connectivity index (χ3n) is 3.66. The Kier molecular flexibility index (Phi) is 3.69. The van der Waals surface area contributed by atoms with Crippen LogP contribution < -0.4 is 9.47 Å². The lowest BCUT2D eigenvalue weighted by molar-refractivity contribution is 0.0996. The van der Waals surface area contributed by atoms with Crippen molar-refractivity contribution in [2.45, 2.75) is 0 Å². The summed E-state index contributed by atoms with van der Waals surface area (Å²) in [5.41, 5.74) is 0.527. The zero-order chi connectivity index (χ0) is 17.4. The zero-order valence-corrected chi connectivity index (χ0v) is 12.6. The Morgan fingerprint density at radius 1 is 1.08 bits per heavy atom. The Labute approximate surface area is 136 Å². The van der Waals surface area contributed by atoms with Crippen LogP contribution in [0.25, 0.3) is 6.08 Å². The number of benzene rings is 2. The van der Waals surface area contributed by atoms with Crippen molar-refractivity contribution in [1.82, 2.24) is 0 Å². The molecule has 0 aromatic heterocycles. The van der Waals surface area contributed by atoms with Gasteiger partial charge in [0, 0.05) is 11.6 Å². The summed E-state index contributed by atoms with van der Waals surface area (Å²) in [5.74, 6) is -2.44. The van der Waals surface area contributed by atoms with E-state index in [9.17, 15) is 25.2 Å². The molecule has 0 atom stereocenters. The van der Waals surface area contributed by atoms with Crippen LogP contribution in [0.4, 0.5) is 0 Å². The minimum absolute atomic E-state index is 0.0115. The number of methoxy groups -OCH3 is 1. The highest BCUT2D eigenvalue weighted by atomic mass is 16.5. The number of phenolic OH excluding ortho intramolecular Hbond substituents is 4. The smallest absolute Gasteiger partial charge is 0.201 e. The van der Waals surface area contributed by atoms with Crippen LogP contribution in [0.15, 0.2) is 29.8 Å². The molecule has 0 spiro atoms. The van der Waals surface area contributed by atoms with Crippen molar-refractivity contribution in [1.29, 1.82) is 0 Å². The maximum absolute atomic E-state index is 12.5. The molecule has 0 radical (unpaired) electrons. The normalized spacial score (nSPS) is 15.0. The maximum atomic E-state index is 12.5. The second-order valence-corrected chi connectivity index (χ2v) is 5.18. The fourth-order valence-corrected chi connectivity index (χ4v) is 2.44. The largest absolute Gasteiger partial charge is 0.504 e. The second kappa shape index (κ2) is 5.69. The van der Waals surface area contributed by atoms with Crippen molar-refractivity contribution in [2.24, 2.45) is 0 Å². The zero-order valence-electron chi connectivity index (χ0n) is 12.6. The minimum Gasteiger partial charge on any atom is -0.504 e. The van der Waals surface area contributed by atoms with Crippen LogP contribution in [0.2, 0.25) is 0 Å². The van der Waals surface area contributed by atoms with Crippen LogP contribution in [0.3, 0.4) is 0 Å². The molecular weight excluding hydrogens is 316 g/mol. The number of phenols is 4. The highest BCUT2D eigenvalue weighted by Crippen LogP contribution is 2.45. The number of hydrogen-bond donors (Lipinski definition) is 4. The summed E-state index contributed by atoms with van der Waals surface area (Å²) in [6.07, 6.45) is 1.49. The third kappa shape index (κ3) is 2.45. The van der Waals surface area contributed by atoms with Crippen molar-refractivity contribution in [2.75, 3.05) is 13.7 Å². The summed E-state index contributed by atoms with van der Waals surface area (Å²) in [4.78, 5) is 12.5. The molecule has 0 unspecified atom stereocenters. The quantitative estimate of drug-likeness (QED) is 0.492. The van der Waals surface area contributed by atoms with E-state index in [0.29, 0.717) is 11.3 Å². The van der Waals surface area contributed by atoms with Crippen LogP contribution in [0, 0.1) is 0 Å². The summed E-state index contributed by atoms with van der Waals surface area (Å²) in [5, 5.41) is 38.7. The Balaban J connectivity index is 2.02. The third-order valence-corrected chi connectivity index (χ3v) is 3.66. The van der Waals surface area contributed by atoms with E-state index in [0.717, 1.165) is 6.07 Å². The molecule has 3 rings (SSSR count). The van der Waals surface area contributed by atoms with Gasteiger partial charge in [-0.1, -0.05) is 6.07 Å². The molecule has 0 fully saturated rings. The lowest BCUT2D eigenvalue weighted by Crippen LogP contribution is -2.19. The molecule has 7 nitrogen and oxygen atoms in total. The number of hydrogen-bond acceptors (Lipinski definition) is 7. The first-order valence-electron chi connectivity index (χ1n) is 6.95. The van der Waals surface area contributed by atoms with E-state index in [-0.39, 0.29) is 29.2 Å². The summed E-state index contributed by atoms with van der Waals surface area (Å²) < 4.78 is 10.3. The molecule has 124 valence electrons. The van der Waals surface area contributed by atoms with E-state index in [1.54, 1.807) is 12.1 Å². The standard InChI is InChI=1S/C17H14O7/c1-23-12-3-2-8(5-10(12)18)4-9-7-24-13-6-11(19)16(21)17(22)14(13)15(9)20/h2-6,18-19,21-22H,7H2,1H3/b9-4+. The van der Waals surface area contributed by atoms with Gasteiger partial charge in [0.25, 0.3) is 0 Å². The second-order valence-electron chi connectivity index (χ2n) is 5.18. The van der Waals surface area contributed by atoms with E-state index in [4.69, 9.17) is 9.47 Å². The molecule has 1 aliphatic rings. The number of Topliss-reactive ketones (excluding diaryl/α,β-unsaturated/α-hetero) is 1. The van der Waals surface area contributed by atoms with E-state index < -0.39 is 23.0 Å². The molecule has 1 aliphatic heterocycles. The highest BCUT2D eigenvalue weighted by Gasteiger charge is 2.30. The van der Waals surface area contributed by atoms with Gasteiger partial charge in [0.1, 0.15) is 17.9 Å². The molecule has 0 aliphatic carbocycles. The van der Waals surface area contributed by atoms with Gasteiger partial charge in [-0.05, 0) is 23.8 Å². The number of aromatic hydroxyl groups is 4. The number of fused-ring (bicyclic) bond motifs is 1. The lowest BCUT2D eigenvalue weighted by Gasteiger charge is -2.20. The topological polar surface area (TPSA) is 116 Å². The van der Waals surface area contributed by atoms with Crippen LogP contribution in [-0.4, -0.2) is 39.9 Å². The average molecular weight is 330 g/mol. The fraction of sp³-hybridized carbons (Fsp3) is 0.118. The SMILES string of the molecule is COc1ccc(/C=C2\COc3cc(O)c(O)c(O)c3C2=O)cc1O. The van der Waals surface area contributed by atoms with Crippen molar-refractivity contribution in [3.63, 3.8) is 0 Å². The van der Waals surface area contributed by atoms with Gasteiger partial charge in [0.2, 0.25) is 5.75 Å². The summed E-state index contributed by atoms with van der Waals surface area (Å²) in [6, 6.07) is 5.68. The number of carbonyl (C=O) groups excluding carboxylic acids is 1. The van der Waals surface area contributed by atoms with E-state index in [1.165, 1.54) is 19.3 Å². The number of rotatable bonds is 2. The number of ether oxygens (including phenoxy) is 2. The van der Waals surface area contributed by atoms with Crippen molar-refractivity contribution in [3.05, 3.63) is 41.0 Å². The monoisotopic (exact) mass is 330 g/mol. The van der Waals surface area contributed by atoms with Crippen molar-refractivity contribution >= 4 is 11.9 Å². The summed E-state index contributed by atoms with van der Waals surface area (Å²) >= 11 is 0. The van der Waals surface area contributed by atoms with E-state index in [1.807, 2.05) is 0 Å². The molecule has 7 heteroatoms. The molecule has 2 aromatic carbocycles. The molecule has 1 heterocycles. The van der Waals surface area contributed by atoms with Crippen LogP contribution in [0.1, 0.15) is 15.9 Å². The number of carbonyl (C=O) groups is 1. The Morgan fingerprint density at radius 2 is 1.83 bits per heavy atom. The Hall–Kier alpha value is -3.35. The van der Waals surface area contributed by atoms with Crippen LogP contribution in [-0.2, 0) is 0 Å². The van der Waals surface area contributed by atoms with Gasteiger partial charge in [-0.2, -0.15) is 0 Å². The first-order chi connectivity index (χ1) is 11.4. The van der Waals surface area contributed by atoms with Crippen molar-refractivity contribution < 1.29 is 34.7 Å². The molecule has 0 saturated carbocycles. The molecular formula is C17H14O7. The summed E-state index contributed by atoms with van der Waals surface area (Å²) in [6.45, 7) is -0.0811. The fourth-order valence-electron chi connectivity index (χ4n) is 2.44. The van der Waals surface area contributed by atoms with Crippen molar-refractivity contribution in [3.8, 4) is 34.5 Å². The van der Waals surface area contributed by atoms with Gasteiger partial charge in [-0.15, -0.1) is 0 Å². The van der Waals surface area contributed by atoms with E-state index >= 15 is 0 Å². The van der Waals surface area contributed by atoms with E-state index in [2.05, 4.69) is 0 Å². The Bertz CT molecular complexity index is 868. The molecule has 0 amide bonds. The van der Waals surface area contributed by atoms with Crippen LogP contribution in [0.5, 0.6) is 34.5 Å². The first kappa shape index (κ1) is 15.5. The van der Waals surface area contributed by atoms with Gasteiger partial charge >= 0.3 is 0 Å². The predicted molar refractivity (Wildman–Crippen MR) is 83.9 cm³/mol. The molecule has 24 heavy (non-hydrogen) atoms. The predicted octanol–water partition coefficient (Wildman–Crippen LogP) is 2.18. The van der Waals surface area contributed by atoms with Crippen LogP contribution >= 0.6 is 0 Å². The molecule has 0 saturated heterocycles. The Morgan fingerprint density at radius 3 is 2.50 bits per heavy atom. The average Bonchev–Trinajstić information content (AvgIpc) is 2.55. The molecule has 4 N–H and O–H groups in total. The van der Waals surface area contributed by atoms with Gasteiger partial charge in [-0.3, -0.25) is 4.79 Å². The lowest BCUT2D eigenvalue weighted by atomic mass is 9.97. The minimum atomic E-state index is -0.783. The summed E-state index contributed by atoms with van der Waals surface area (Å²) in [7, 11) is 1.42.